The van der Waals surface area contributed by atoms with Gasteiger partial charge < -0.3 is 26.3 Å². The number of hydrogen-bond donors (Lipinski definition) is 4. The van der Waals surface area contributed by atoms with Crippen molar-refractivity contribution in [1.29, 1.82) is 0 Å². The summed E-state index contributed by atoms with van der Waals surface area (Å²) >= 11 is 6.42. The Hall–Kier alpha value is -5.54. The van der Waals surface area contributed by atoms with E-state index in [2.05, 4.69) is 26.1 Å². The molecule has 0 saturated heterocycles. The molecular formula is C32H29N8O5S2-. The van der Waals surface area contributed by atoms with E-state index in [1.54, 1.807) is 32.9 Å². The maximum Gasteiger partial charge on any atom is 0.261 e. The van der Waals surface area contributed by atoms with Crippen molar-refractivity contribution in [2.45, 2.75) is 32.9 Å². The van der Waals surface area contributed by atoms with Crippen LogP contribution in [0.4, 0.5) is 17.2 Å². The Morgan fingerprint density at radius 2 is 1.64 bits per heavy atom. The number of nitrogens with one attached hydrogen (secondary N) is 3. The predicted octanol–water partition coefficient (Wildman–Crippen LogP) is 2.92. The van der Waals surface area contributed by atoms with Gasteiger partial charge in [0, 0.05) is 23.0 Å². The third-order valence-electron chi connectivity index (χ3n) is 7.33. The quantitative estimate of drug-likeness (QED) is 0.140. The Kier molecular flexibility index (Phi) is 9.39. The monoisotopic (exact) mass is 669 g/mol. The van der Waals surface area contributed by atoms with Crippen LogP contribution >= 0.6 is 24.0 Å². The van der Waals surface area contributed by atoms with Gasteiger partial charge in [0.05, 0.1) is 17.4 Å². The molecule has 240 valence electrons. The second-order valence-electron chi connectivity index (χ2n) is 10.7. The summed E-state index contributed by atoms with van der Waals surface area (Å²) in [6.45, 7) is 7.29. The zero-order valence-electron chi connectivity index (χ0n) is 25.7. The largest absolute Gasteiger partial charge is 0.545 e. The Balaban J connectivity index is 1.41. The summed E-state index contributed by atoms with van der Waals surface area (Å²) in [6, 6.07) is 16.2. The molecule has 0 aliphatic rings. The van der Waals surface area contributed by atoms with Crippen LogP contribution in [-0.2, 0) is 4.79 Å². The Morgan fingerprint density at radius 1 is 0.915 bits per heavy atom. The fraction of sp³-hybridized carbons (Fsp3) is 0.156. The van der Waals surface area contributed by atoms with E-state index in [9.17, 15) is 24.3 Å². The first kappa shape index (κ1) is 32.8. The number of aryl methyl sites for hydroxylation is 3. The Labute approximate surface area is 278 Å². The van der Waals surface area contributed by atoms with Crippen molar-refractivity contribution in [3.63, 3.8) is 0 Å². The van der Waals surface area contributed by atoms with Crippen molar-refractivity contribution >= 4 is 69.8 Å². The highest BCUT2D eigenvalue weighted by atomic mass is 32.2. The molecule has 0 unspecified atom stereocenters. The maximum absolute atomic E-state index is 13.3. The summed E-state index contributed by atoms with van der Waals surface area (Å²) in [5.74, 6) is -2.01. The summed E-state index contributed by atoms with van der Waals surface area (Å²) in [7, 11) is 0. The molecule has 5 rings (SSSR count). The predicted molar refractivity (Wildman–Crippen MR) is 182 cm³/mol. The molecular weight excluding hydrogens is 641 g/mol. The minimum Gasteiger partial charge on any atom is -0.545 e. The van der Waals surface area contributed by atoms with Crippen LogP contribution in [0, 0.1) is 27.7 Å². The average Bonchev–Trinajstić information content (AvgIpc) is 3.44. The van der Waals surface area contributed by atoms with Crippen LogP contribution < -0.4 is 32.3 Å². The van der Waals surface area contributed by atoms with Crippen molar-refractivity contribution < 1.29 is 19.5 Å². The highest BCUT2D eigenvalue weighted by Gasteiger charge is 2.20. The smallest absolute Gasteiger partial charge is 0.261 e. The lowest BCUT2D eigenvalue weighted by Gasteiger charge is -2.16. The number of thioether (sulfide) groups is 1. The van der Waals surface area contributed by atoms with Crippen molar-refractivity contribution in [2.24, 2.45) is 0 Å². The summed E-state index contributed by atoms with van der Waals surface area (Å²) in [5, 5.41) is 28.2. The van der Waals surface area contributed by atoms with Gasteiger partial charge in [-0.25, -0.2) is 8.97 Å². The zero-order valence-corrected chi connectivity index (χ0v) is 27.3. The second-order valence-corrected chi connectivity index (χ2v) is 12.1. The van der Waals surface area contributed by atoms with Gasteiger partial charge in [-0.15, -0.1) is 10.2 Å². The molecule has 0 atom stereocenters. The van der Waals surface area contributed by atoms with Crippen LogP contribution in [0.3, 0.4) is 0 Å². The molecule has 0 aliphatic heterocycles. The van der Waals surface area contributed by atoms with Crippen LogP contribution in [0.15, 0.2) is 70.6 Å². The van der Waals surface area contributed by atoms with Gasteiger partial charge in [-0.1, -0.05) is 41.6 Å². The number of carbonyl (C=O) groups excluding carboxylic acids is 3. The van der Waals surface area contributed by atoms with Gasteiger partial charge in [-0.05, 0) is 92.5 Å². The fourth-order valence-corrected chi connectivity index (χ4v) is 5.64. The first-order valence-corrected chi connectivity index (χ1v) is 15.5. The van der Waals surface area contributed by atoms with Gasteiger partial charge in [-0.2, -0.15) is 0 Å². The lowest BCUT2D eigenvalue weighted by Crippen LogP contribution is -2.34. The number of thiocarbonyl (C=S) groups is 1. The lowest BCUT2D eigenvalue weighted by atomic mass is 10.0. The van der Waals surface area contributed by atoms with Gasteiger partial charge in [0.15, 0.2) is 10.3 Å². The first-order chi connectivity index (χ1) is 22.3. The number of carboxylic acid groups (broad SMARTS) is 1. The number of carboxylic acids is 1. The van der Waals surface area contributed by atoms with Crippen LogP contribution in [0.5, 0.6) is 0 Å². The molecule has 47 heavy (non-hydrogen) atoms. The number of amides is 2. The van der Waals surface area contributed by atoms with Crippen LogP contribution in [0.25, 0.3) is 11.5 Å². The van der Waals surface area contributed by atoms with Crippen molar-refractivity contribution in [2.75, 3.05) is 22.1 Å². The van der Waals surface area contributed by atoms with E-state index in [1.807, 2.05) is 31.2 Å². The second kappa shape index (κ2) is 13.4. The molecule has 2 amide bonds. The lowest BCUT2D eigenvalue weighted by molar-refractivity contribution is -0.255. The number of fused-ring (bicyclic) bond motifs is 1. The van der Waals surface area contributed by atoms with Gasteiger partial charge in [-0.3, -0.25) is 19.7 Å². The number of rotatable bonds is 8. The van der Waals surface area contributed by atoms with Crippen LogP contribution in [0.2, 0.25) is 0 Å². The number of nitrogens with zero attached hydrogens (tertiary/aromatic N) is 4. The standard InChI is InChI=1S/C32H30N8O5S2/c1-16-5-9-22(10-6-16)34-26(41)15-47-32-38-37-31-39(27(42)14-25(33)40(31)32)24-13-21(11-18(3)19(24)4)28(43)36-30(46)35-23-12-20(29(44)45)8-7-17(23)2/h5-14H,15,33H2,1-4H3,(H,34,41)(H,44,45)(H2,35,36,43,46)/p-1. The van der Waals surface area contributed by atoms with E-state index in [-0.39, 0.29) is 39.5 Å². The molecule has 0 radical (unpaired) electrons. The third-order valence-corrected chi connectivity index (χ3v) is 8.46. The molecule has 2 heterocycles. The summed E-state index contributed by atoms with van der Waals surface area (Å²) in [4.78, 5) is 50.6. The number of nitrogen functional groups attached to an aromatic ring is 1. The molecule has 13 nitrogen and oxygen atoms in total. The Bertz CT molecular complexity index is 2140. The molecule has 0 spiro atoms. The number of anilines is 3. The SMILES string of the molecule is Cc1ccc(NC(=O)CSc2nnc3n(-c4cc(C(=O)NC(=S)Nc5cc(C(=O)[O-])ccc5C)cc(C)c4C)c(=O)cc(N)n23)cc1. The molecule has 0 aliphatic carbocycles. The van der Waals surface area contributed by atoms with E-state index in [1.165, 1.54) is 33.2 Å². The normalized spacial score (nSPS) is 10.9. The summed E-state index contributed by atoms with van der Waals surface area (Å²) in [6.07, 6.45) is 0. The topological polar surface area (TPSA) is 189 Å². The van der Waals surface area contributed by atoms with E-state index < -0.39 is 17.4 Å². The molecule has 15 heteroatoms. The zero-order chi connectivity index (χ0) is 34.0. The molecule has 0 saturated carbocycles. The molecule has 2 aromatic heterocycles. The Morgan fingerprint density at radius 3 is 2.34 bits per heavy atom. The minimum atomic E-state index is -1.35. The third kappa shape index (κ3) is 7.15. The number of nitrogens with two attached hydrogens (primary N) is 1. The van der Waals surface area contributed by atoms with Gasteiger partial charge in [0.2, 0.25) is 11.7 Å². The first-order valence-electron chi connectivity index (χ1n) is 14.1. The number of aromatic carboxylic acids is 1. The number of benzene rings is 3. The number of carbonyl (C=O) groups is 3. The van der Waals surface area contributed by atoms with Crippen molar-refractivity contribution in [1.82, 2.24) is 24.5 Å². The molecule has 3 aromatic carbocycles. The highest BCUT2D eigenvalue weighted by Crippen LogP contribution is 2.25. The number of hydrogen-bond acceptors (Lipinski definition) is 10. The van der Waals surface area contributed by atoms with Crippen LogP contribution in [-0.4, -0.2) is 47.8 Å². The summed E-state index contributed by atoms with van der Waals surface area (Å²) < 4.78 is 2.76. The van der Waals surface area contributed by atoms with Crippen molar-refractivity contribution in [3.8, 4) is 5.69 Å². The van der Waals surface area contributed by atoms with E-state index in [4.69, 9.17) is 18.0 Å². The summed E-state index contributed by atoms with van der Waals surface area (Å²) in [5.41, 5.74) is 10.4. The highest BCUT2D eigenvalue weighted by molar-refractivity contribution is 7.99. The van der Waals surface area contributed by atoms with E-state index in [0.29, 0.717) is 38.9 Å². The van der Waals surface area contributed by atoms with Gasteiger partial charge in [0.25, 0.3) is 11.5 Å². The van der Waals surface area contributed by atoms with Crippen LogP contribution in [0.1, 0.15) is 43.0 Å². The fourth-order valence-electron chi connectivity index (χ4n) is 4.69. The molecule has 5 N–H and O–H groups in total. The molecule has 5 aromatic rings. The molecule has 0 bridgehead atoms. The van der Waals surface area contributed by atoms with Gasteiger partial charge in [0.1, 0.15) is 5.82 Å². The number of aromatic nitrogens is 4. The van der Waals surface area contributed by atoms with Crippen molar-refractivity contribution in [3.05, 3.63) is 104 Å². The molecule has 0 fully saturated rings. The maximum atomic E-state index is 13.3. The van der Waals surface area contributed by atoms with E-state index >= 15 is 0 Å². The minimum absolute atomic E-state index is 0.00594. The van der Waals surface area contributed by atoms with Gasteiger partial charge >= 0.3 is 0 Å². The average molecular weight is 670 g/mol. The van der Waals surface area contributed by atoms with E-state index in [0.717, 1.165) is 17.3 Å².